The molecule has 1 aromatic carbocycles. The number of nitrogens with one attached hydrogen (secondary N) is 2. The molecule has 0 saturated heterocycles. The summed E-state index contributed by atoms with van der Waals surface area (Å²) in [6.07, 6.45) is 5.05. The Kier molecular flexibility index (Phi) is 6.34. The van der Waals surface area contributed by atoms with Crippen molar-refractivity contribution in [2.45, 2.75) is 39.5 Å². The fraction of sp³-hybridized carbons (Fsp3) is 0.333. The van der Waals surface area contributed by atoms with Crippen LogP contribution in [0.25, 0.3) is 0 Å². The second-order valence-corrected chi connectivity index (χ2v) is 6.71. The summed E-state index contributed by atoms with van der Waals surface area (Å²) in [5.74, 6) is 0.505. The van der Waals surface area contributed by atoms with Crippen molar-refractivity contribution < 1.29 is 4.79 Å². The van der Waals surface area contributed by atoms with Gasteiger partial charge in [0.1, 0.15) is 0 Å². The van der Waals surface area contributed by atoms with Crippen LogP contribution in [0.4, 0.5) is 11.4 Å². The third-order valence-corrected chi connectivity index (χ3v) is 4.06. The number of anilines is 2. The van der Waals surface area contributed by atoms with Crippen LogP contribution in [0, 0.1) is 0 Å². The smallest absolute Gasteiger partial charge is 0.257 e. The van der Waals surface area contributed by atoms with Crippen molar-refractivity contribution in [2.24, 2.45) is 0 Å². The molecule has 0 bridgehead atoms. The minimum atomic E-state index is -0.148. The van der Waals surface area contributed by atoms with E-state index in [1.54, 1.807) is 24.5 Å². The van der Waals surface area contributed by atoms with Gasteiger partial charge in [0.15, 0.2) is 0 Å². The fourth-order valence-electron chi connectivity index (χ4n) is 2.73. The lowest BCUT2D eigenvalue weighted by Gasteiger charge is -2.20. The van der Waals surface area contributed by atoms with E-state index >= 15 is 0 Å². The Morgan fingerprint density at radius 1 is 1.16 bits per heavy atom. The maximum atomic E-state index is 12.8. The van der Waals surface area contributed by atoms with Crippen LogP contribution in [-0.4, -0.2) is 17.4 Å². The van der Waals surface area contributed by atoms with Crippen LogP contribution in [0.15, 0.2) is 49.3 Å². The van der Waals surface area contributed by atoms with Gasteiger partial charge in [0.05, 0.1) is 11.3 Å². The lowest BCUT2D eigenvalue weighted by molar-refractivity contribution is 0.102. The van der Waals surface area contributed by atoms with Gasteiger partial charge < -0.3 is 10.6 Å². The van der Waals surface area contributed by atoms with Gasteiger partial charge in [0.2, 0.25) is 0 Å². The molecular weight excluding hydrogens is 310 g/mol. The zero-order valence-corrected chi connectivity index (χ0v) is 15.5. The number of para-hydroxylation sites is 1. The van der Waals surface area contributed by atoms with Gasteiger partial charge in [-0.3, -0.25) is 9.78 Å². The minimum Gasteiger partial charge on any atom is -0.380 e. The van der Waals surface area contributed by atoms with Crippen LogP contribution in [-0.2, 0) is 0 Å². The van der Waals surface area contributed by atoms with Crippen molar-refractivity contribution in [1.82, 2.24) is 4.98 Å². The van der Waals surface area contributed by atoms with Gasteiger partial charge in [-0.25, -0.2) is 0 Å². The van der Waals surface area contributed by atoms with Gasteiger partial charge >= 0.3 is 0 Å². The molecule has 0 unspecified atom stereocenters. The van der Waals surface area contributed by atoms with Crippen LogP contribution < -0.4 is 10.6 Å². The average molecular weight is 337 g/mol. The molecule has 4 heteroatoms. The number of pyridine rings is 1. The molecule has 0 aliphatic heterocycles. The molecule has 2 rings (SSSR count). The second-order valence-electron chi connectivity index (χ2n) is 6.71. The number of aromatic nitrogens is 1. The summed E-state index contributed by atoms with van der Waals surface area (Å²) in [4.78, 5) is 16.9. The van der Waals surface area contributed by atoms with Gasteiger partial charge in [-0.2, -0.15) is 0 Å². The lowest BCUT2D eigenvalue weighted by atomic mass is 9.92. The third-order valence-electron chi connectivity index (χ3n) is 4.06. The first-order valence-corrected chi connectivity index (χ1v) is 8.68. The molecule has 2 aromatic rings. The van der Waals surface area contributed by atoms with Gasteiger partial charge in [-0.05, 0) is 29.0 Å². The predicted octanol–water partition coefficient (Wildman–Crippen LogP) is 5.18. The van der Waals surface area contributed by atoms with Crippen molar-refractivity contribution >= 4 is 17.3 Å². The first-order valence-electron chi connectivity index (χ1n) is 8.68. The average Bonchev–Trinajstić information content (AvgIpc) is 2.59. The van der Waals surface area contributed by atoms with Crippen molar-refractivity contribution in [3.63, 3.8) is 0 Å². The summed E-state index contributed by atoms with van der Waals surface area (Å²) in [7, 11) is 0. The maximum Gasteiger partial charge on any atom is 0.257 e. The van der Waals surface area contributed by atoms with Gasteiger partial charge in [0, 0.05) is 24.6 Å². The van der Waals surface area contributed by atoms with Crippen LogP contribution in [0.5, 0.6) is 0 Å². The number of benzene rings is 1. The Balaban J connectivity index is 2.33. The van der Waals surface area contributed by atoms with Crippen molar-refractivity contribution in [3.05, 3.63) is 66.0 Å². The number of nitrogens with zero attached hydrogens (tertiary/aromatic N) is 1. The standard InChI is InChI=1S/C21H27N3O/c1-6-10-23-17-11-16(12-22-13-17)21(25)24-20-18(14(2)3)8-7-9-19(20)15(4)5/h6-9,11-15,23H,1,10H2,2-5H3,(H,24,25). The quantitative estimate of drug-likeness (QED) is 0.685. The number of hydrogen-bond acceptors (Lipinski definition) is 3. The number of carbonyl (C=O) groups is 1. The van der Waals surface area contributed by atoms with Gasteiger partial charge in [-0.15, -0.1) is 6.58 Å². The molecule has 4 nitrogen and oxygen atoms in total. The first kappa shape index (κ1) is 18.7. The Labute approximate surface area is 150 Å². The predicted molar refractivity (Wildman–Crippen MR) is 105 cm³/mol. The molecule has 1 aromatic heterocycles. The Morgan fingerprint density at radius 2 is 1.80 bits per heavy atom. The van der Waals surface area contributed by atoms with Crippen LogP contribution >= 0.6 is 0 Å². The van der Waals surface area contributed by atoms with Crippen molar-refractivity contribution in [3.8, 4) is 0 Å². The van der Waals surface area contributed by atoms with E-state index in [0.717, 1.165) is 22.5 Å². The maximum absolute atomic E-state index is 12.8. The molecule has 1 amide bonds. The van der Waals surface area contributed by atoms with Crippen molar-refractivity contribution in [1.29, 1.82) is 0 Å². The molecule has 0 atom stereocenters. The summed E-state index contributed by atoms with van der Waals surface area (Å²) in [5.41, 5.74) is 4.54. The summed E-state index contributed by atoms with van der Waals surface area (Å²) in [6, 6.07) is 8.01. The SMILES string of the molecule is C=CCNc1cncc(C(=O)Nc2c(C(C)C)cccc2C(C)C)c1. The molecule has 2 N–H and O–H groups in total. The monoisotopic (exact) mass is 337 g/mol. The lowest BCUT2D eigenvalue weighted by Crippen LogP contribution is -2.16. The number of hydrogen-bond donors (Lipinski definition) is 2. The summed E-state index contributed by atoms with van der Waals surface area (Å²) in [5, 5.41) is 6.27. The van der Waals surface area contributed by atoms with E-state index in [0.29, 0.717) is 23.9 Å². The van der Waals surface area contributed by atoms with E-state index < -0.39 is 0 Å². The molecule has 0 saturated carbocycles. The highest BCUT2D eigenvalue weighted by molar-refractivity contribution is 6.05. The Bertz CT molecular complexity index is 724. The molecule has 0 spiro atoms. The summed E-state index contributed by atoms with van der Waals surface area (Å²) < 4.78 is 0. The zero-order chi connectivity index (χ0) is 18.4. The zero-order valence-electron chi connectivity index (χ0n) is 15.5. The molecule has 25 heavy (non-hydrogen) atoms. The number of carbonyl (C=O) groups excluding carboxylic acids is 1. The molecular formula is C21H27N3O. The third kappa shape index (κ3) is 4.69. The normalized spacial score (nSPS) is 10.8. The van der Waals surface area contributed by atoms with Crippen molar-refractivity contribution in [2.75, 3.05) is 17.2 Å². The minimum absolute atomic E-state index is 0.148. The van der Waals surface area contributed by atoms with Crippen LogP contribution in [0.1, 0.15) is 61.0 Å². The topological polar surface area (TPSA) is 54.0 Å². The highest BCUT2D eigenvalue weighted by atomic mass is 16.1. The van der Waals surface area contributed by atoms with E-state index in [1.165, 1.54) is 0 Å². The van der Waals surface area contributed by atoms with E-state index in [4.69, 9.17) is 0 Å². The van der Waals surface area contributed by atoms with E-state index in [-0.39, 0.29) is 5.91 Å². The van der Waals surface area contributed by atoms with E-state index in [2.05, 4.69) is 68.1 Å². The van der Waals surface area contributed by atoms with E-state index in [1.807, 2.05) is 0 Å². The van der Waals surface area contributed by atoms with Gasteiger partial charge in [0.25, 0.3) is 5.91 Å². The molecule has 0 radical (unpaired) electrons. The molecule has 0 aliphatic rings. The molecule has 0 aliphatic carbocycles. The second kappa shape index (κ2) is 8.47. The van der Waals surface area contributed by atoms with E-state index in [9.17, 15) is 4.79 Å². The van der Waals surface area contributed by atoms with Crippen LogP contribution in [0.3, 0.4) is 0 Å². The number of amides is 1. The summed E-state index contributed by atoms with van der Waals surface area (Å²) in [6.45, 7) is 12.8. The largest absolute Gasteiger partial charge is 0.380 e. The molecule has 1 heterocycles. The highest BCUT2D eigenvalue weighted by Gasteiger charge is 2.17. The Hall–Kier alpha value is -2.62. The highest BCUT2D eigenvalue weighted by Crippen LogP contribution is 2.32. The summed E-state index contributed by atoms with van der Waals surface area (Å²) >= 11 is 0. The molecule has 132 valence electrons. The first-order chi connectivity index (χ1) is 11.9. The fourth-order valence-corrected chi connectivity index (χ4v) is 2.73. The number of rotatable bonds is 7. The van der Waals surface area contributed by atoms with Gasteiger partial charge in [-0.1, -0.05) is 52.0 Å². The van der Waals surface area contributed by atoms with Crippen LogP contribution in [0.2, 0.25) is 0 Å². The molecule has 0 fully saturated rings. The Morgan fingerprint density at radius 3 is 2.36 bits per heavy atom.